The van der Waals surface area contributed by atoms with Gasteiger partial charge in [-0.25, -0.2) is 0 Å². The van der Waals surface area contributed by atoms with Crippen molar-refractivity contribution in [1.82, 2.24) is 10.3 Å². The van der Waals surface area contributed by atoms with Gasteiger partial charge in [0.05, 0.1) is 12.2 Å². The molecule has 0 amide bonds. The maximum absolute atomic E-state index is 5.99. The molecule has 90 valence electrons. The second kappa shape index (κ2) is 4.17. The van der Waals surface area contributed by atoms with Crippen molar-refractivity contribution >= 4 is 10.9 Å². The maximum Gasteiger partial charge on any atom is 0.0952 e. The van der Waals surface area contributed by atoms with E-state index in [0.717, 1.165) is 13.0 Å². The molecule has 2 aromatic rings. The Morgan fingerprint density at radius 1 is 1.41 bits per heavy atom. The zero-order valence-corrected chi connectivity index (χ0v) is 10.3. The van der Waals surface area contributed by atoms with Crippen LogP contribution in [-0.4, -0.2) is 24.7 Å². The molecule has 3 rings (SSSR count). The van der Waals surface area contributed by atoms with Crippen LogP contribution in [0.25, 0.3) is 10.9 Å². The number of H-pyrrole nitrogens is 1. The molecular formula is C14H18N2O. The van der Waals surface area contributed by atoms with Crippen molar-refractivity contribution in [3.63, 3.8) is 0 Å². The lowest BCUT2D eigenvalue weighted by Crippen LogP contribution is -2.33. The van der Waals surface area contributed by atoms with Gasteiger partial charge in [-0.1, -0.05) is 18.2 Å². The highest BCUT2D eigenvalue weighted by Gasteiger charge is 2.27. The lowest BCUT2D eigenvalue weighted by molar-refractivity contribution is -0.0151. The van der Waals surface area contributed by atoms with Crippen molar-refractivity contribution in [2.75, 3.05) is 13.6 Å². The van der Waals surface area contributed by atoms with Gasteiger partial charge in [0.15, 0.2) is 0 Å². The molecule has 0 aliphatic carbocycles. The maximum atomic E-state index is 5.99. The van der Waals surface area contributed by atoms with Crippen LogP contribution in [0.2, 0.25) is 0 Å². The second-order valence-electron chi connectivity index (χ2n) is 4.72. The van der Waals surface area contributed by atoms with E-state index in [1.54, 1.807) is 0 Å². The van der Waals surface area contributed by atoms with Crippen LogP contribution in [0.4, 0.5) is 0 Å². The summed E-state index contributed by atoms with van der Waals surface area (Å²) in [7, 11) is 1.97. The first-order valence-electron chi connectivity index (χ1n) is 6.19. The van der Waals surface area contributed by atoms with Gasteiger partial charge in [0, 0.05) is 29.6 Å². The third-order valence-corrected chi connectivity index (χ3v) is 3.51. The average molecular weight is 230 g/mol. The molecule has 3 heteroatoms. The van der Waals surface area contributed by atoms with E-state index in [1.165, 1.54) is 22.2 Å². The first-order chi connectivity index (χ1) is 8.29. The Hall–Kier alpha value is -1.32. The zero-order chi connectivity index (χ0) is 11.8. The van der Waals surface area contributed by atoms with E-state index in [0.29, 0.717) is 0 Å². The van der Waals surface area contributed by atoms with E-state index in [2.05, 4.69) is 41.5 Å². The van der Waals surface area contributed by atoms with Crippen LogP contribution in [0.5, 0.6) is 0 Å². The van der Waals surface area contributed by atoms with Crippen LogP contribution in [-0.2, 0) is 11.2 Å². The van der Waals surface area contributed by atoms with E-state index < -0.39 is 0 Å². The van der Waals surface area contributed by atoms with Crippen LogP contribution in [0, 0.1) is 0 Å². The van der Waals surface area contributed by atoms with Crippen molar-refractivity contribution in [3.8, 4) is 0 Å². The summed E-state index contributed by atoms with van der Waals surface area (Å²) in [6, 6.07) is 8.50. The summed E-state index contributed by atoms with van der Waals surface area (Å²) in [6.07, 6.45) is 1.43. The van der Waals surface area contributed by atoms with E-state index in [1.807, 2.05) is 7.05 Å². The van der Waals surface area contributed by atoms with Gasteiger partial charge in [-0.3, -0.25) is 0 Å². The third-order valence-electron chi connectivity index (χ3n) is 3.51. The van der Waals surface area contributed by atoms with Crippen LogP contribution < -0.4 is 5.32 Å². The molecule has 0 saturated carbocycles. The minimum absolute atomic E-state index is 0.157. The highest BCUT2D eigenvalue weighted by atomic mass is 16.5. The summed E-state index contributed by atoms with van der Waals surface area (Å²) in [5.74, 6) is 0. The summed E-state index contributed by atoms with van der Waals surface area (Å²) >= 11 is 0. The summed E-state index contributed by atoms with van der Waals surface area (Å²) < 4.78 is 5.99. The van der Waals surface area contributed by atoms with Crippen LogP contribution in [0.3, 0.4) is 0 Å². The molecule has 2 unspecified atom stereocenters. The first kappa shape index (κ1) is 10.8. The largest absolute Gasteiger partial charge is 0.367 e. The first-order valence-corrected chi connectivity index (χ1v) is 6.19. The molecule has 2 N–H and O–H groups in total. The number of hydrogen-bond acceptors (Lipinski definition) is 2. The monoisotopic (exact) mass is 230 g/mol. The highest BCUT2D eigenvalue weighted by Crippen LogP contribution is 2.34. The number of fused-ring (bicyclic) bond motifs is 3. The molecule has 3 nitrogen and oxygen atoms in total. The number of ether oxygens (including phenoxy) is 1. The highest BCUT2D eigenvalue weighted by molar-refractivity contribution is 5.85. The minimum atomic E-state index is 0.157. The Labute approximate surface area is 101 Å². The van der Waals surface area contributed by atoms with E-state index >= 15 is 0 Å². The van der Waals surface area contributed by atoms with Gasteiger partial charge in [0.1, 0.15) is 0 Å². The fourth-order valence-corrected chi connectivity index (χ4v) is 2.77. The number of nitrogens with one attached hydrogen (secondary N) is 2. The molecule has 1 aromatic heterocycles. The van der Waals surface area contributed by atoms with E-state index in [-0.39, 0.29) is 12.2 Å². The number of likely N-dealkylation sites (N-methyl/N-ethyl adjacent to an activating group) is 1. The Morgan fingerprint density at radius 3 is 3.06 bits per heavy atom. The number of para-hydroxylation sites is 1. The Bertz CT molecular complexity index is 532. The fourth-order valence-electron chi connectivity index (χ4n) is 2.77. The minimum Gasteiger partial charge on any atom is -0.367 e. The summed E-state index contributed by atoms with van der Waals surface area (Å²) in [5.41, 5.74) is 3.90. The lowest BCUT2D eigenvalue weighted by Gasteiger charge is -2.28. The zero-order valence-electron chi connectivity index (χ0n) is 10.3. The fraction of sp³-hybridized carbons (Fsp3) is 0.429. The van der Waals surface area contributed by atoms with Gasteiger partial charge in [-0.2, -0.15) is 0 Å². The third kappa shape index (κ3) is 1.75. The van der Waals surface area contributed by atoms with Crippen LogP contribution >= 0.6 is 0 Å². The Morgan fingerprint density at radius 2 is 2.24 bits per heavy atom. The summed E-state index contributed by atoms with van der Waals surface area (Å²) in [4.78, 5) is 3.48. The summed E-state index contributed by atoms with van der Waals surface area (Å²) in [5, 5.41) is 4.54. The van der Waals surface area contributed by atoms with Gasteiger partial charge in [0.2, 0.25) is 0 Å². The number of aromatic amines is 1. The second-order valence-corrected chi connectivity index (χ2v) is 4.72. The summed E-state index contributed by atoms with van der Waals surface area (Å²) in [6.45, 7) is 3.03. The van der Waals surface area contributed by atoms with Crippen molar-refractivity contribution < 1.29 is 4.74 Å². The number of aromatic nitrogens is 1. The SMILES string of the molecule is CNCC1Cc2c([nH]c3ccccc23)C(C)O1. The molecule has 2 atom stereocenters. The standard InChI is InChI=1S/C14H18N2O/c1-9-14-12(7-10(17-9)8-15-2)11-5-3-4-6-13(11)16-14/h3-6,9-10,15-16H,7-8H2,1-2H3. The van der Waals surface area contributed by atoms with Gasteiger partial charge in [-0.15, -0.1) is 0 Å². The molecule has 0 fully saturated rings. The molecule has 2 heterocycles. The Balaban J connectivity index is 2.07. The molecule has 0 bridgehead atoms. The van der Waals surface area contributed by atoms with Gasteiger partial charge in [-0.05, 0) is 25.6 Å². The van der Waals surface area contributed by atoms with Gasteiger partial charge >= 0.3 is 0 Å². The molecular weight excluding hydrogens is 212 g/mol. The normalized spacial score (nSPS) is 23.9. The van der Waals surface area contributed by atoms with Gasteiger partial charge in [0.25, 0.3) is 0 Å². The molecule has 0 radical (unpaired) electrons. The Kier molecular flexibility index (Phi) is 2.65. The van der Waals surface area contributed by atoms with Crippen LogP contribution in [0.15, 0.2) is 24.3 Å². The smallest absolute Gasteiger partial charge is 0.0952 e. The predicted molar refractivity (Wildman–Crippen MR) is 69.2 cm³/mol. The topological polar surface area (TPSA) is 37.0 Å². The van der Waals surface area contributed by atoms with Crippen molar-refractivity contribution in [2.24, 2.45) is 0 Å². The molecule has 17 heavy (non-hydrogen) atoms. The van der Waals surface area contributed by atoms with Crippen molar-refractivity contribution in [3.05, 3.63) is 35.5 Å². The molecule has 1 aliphatic heterocycles. The number of benzene rings is 1. The molecule has 0 saturated heterocycles. The number of rotatable bonds is 2. The van der Waals surface area contributed by atoms with E-state index in [9.17, 15) is 0 Å². The quantitative estimate of drug-likeness (QED) is 0.831. The average Bonchev–Trinajstić information content (AvgIpc) is 2.69. The van der Waals surface area contributed by atoms with Crippen molar-refractivity contribution in [2.45, 2.75) is 25.6 Å². The van der Waals surface area contributed by atoms with Crippen molar-refractivity contribution in [1.29, 1.82) is 0 Å². The van der Waals surface area contributed by atoms with Crippen LogP contribution in [0.1, 0.15) is 24.3 Å². The van der Waals surface area contributed by atoms with Gasteiger partial charge < -0.3 is 15.0 Å². The predicted octanol–water partition coefficient (Wildman–Crippen LogP) is 2.39. The van der Waals surface area contributed by atoms with E-state index in [4.69, 9.17) is 4.74 Å². The molecule has 1 aromatic carbocycles. The molecule has 1 aliphatic rings. The molecule has 0 spiro atoms. The lowest BCUT2D eigenvalue weighted by atomic mass is 9.98. The number of hydrogen-bond donors (Lipinski definition) is 2.